The molecular weight excluding hydrogens is 184 g/mol. The van der Waals surface area contributed by atoms with Crippen LogP contribution < -0.4 is 0 Å². The molecule has 0 atom stereocenters. The van der Waals surface area contributed by atoms with Crippen molar-refractivity contribution >= 4 is 24.2 Å². The molecule has 0 saturated heterocycles. The number of hydrogen-bond acceptors (Lipinski definition) is 2. The SMILES string of the molecule is C/C(=C\C(=O)O)c1ccccc1S. The molecule has 0 spiro atoms. The minimum absolute atomic E-state index is 0.707. The van der Waals surface area contributed by atoms with E-state index in [1.54, 1.807) is 6.92 Å². The molecule has 3 heteroatoms. The van der Waals surface area contributed by atoms with Gasteiger partial charge < -0.3 is 5.11 Å². The van der Waals surface area contributed by atoms with Gasteiger partial charge in [-0.05, 0) is 24.1 Å². The zero-order chi connectivity index (χ0) is 9.84. The van der Waals surface area contributed by atoms with Gasteiger partial charge in [-0.2, -0.15) is 0 Å². The molecule has 13 heavy (non-hydrogen) atoms. The van der Waals surface area contributed by atoms with Crippen molar-refractivity contribution in [3.8, 4) is 0 Å². The van der Waals surface area contributed by atoms with E-state index >= 15 is 0 Å². The van der Waals surface area contributed by atoms with Crippen LogP contribution in [0.3, 0.4) is 0 Å². The van der Waals surface area contributed by atoms with E-state index in [2.05, 4.69) is 12.6 Å². The minimum Gasteiger partial charge on any atom is -0.478 e. The highest BCUT2D eigenvalue weighted by atomic mass is 32.1. The zero-order valence-electron chi connectivity index (χ0n) is 7.19. The number of carboxylic acid groups (broad SMARTS) is 1. The molecule has 0 bridgehead atoms. The second kappa shape index (κ2) is 4.14. The number of aliphatic carboxylic acids is 1. The van der Waals surface area contributed by atoms with Crippen LogP contribution in [0.1, 0.15) is 12.5 Å². The van der Waals surface area contributed by atoms with Gasteiger partial charge in [-0.1, -0.05) is 18.2 Å². The van der Waals surface area contributed by atoms with Crippen molar-refractivity contribution in [2.75, 3.05) is 0 Å². The van der Waals surface area contributed by atoms with Gasteiger partial charge >= 0.3 is 5.97 Å². The number of allylic oxidation sites excluding steroid dienone is 1. The third kappa shape index (κ3) is 2.63. The van der Waals surface area contributed by atoms with E-state index in [-0.39, 0.29) is 0 Å². The maximum absolute atomic E-state index is 10.4. The molecule has 0 fully saturated rings. The lowest BCUT2D eigenvalue weighted by Crippen LogP contribution is -1.90. The van der Waals surface area contributed by atoms with Gasteiger partial charge in [-0.3, -0.25) is 0 Å². The molecule has 1 N–H and O–H groups in total. The second-order valence-corrected chi connectivity index (χ2v) is 3.16. The van der Waals surface area contributed by atoms with E-state index in [0.29, 0.717) is 5.57 Å². The van der Waals surface area contributed by atoms with Crippen LogP contribution in [-0.4, -0.2) is 11.1 Å². The monoisotopic (exact) mass is 194 g/mol. The largest absolute Gasteiger partial charge is 0.478 e. The Kier molecular flexibility index (Phi) is 3.14. The van der Waals surface area contributed by atoms with E-state index in [9.17, 15) is 4.79 Å². The first-order chi connectivity index (χ1) is 6.11. The van der Waals surface area contributed by atoms with Gasteiger partial charge in [0.1, 0.15) is 0 Å². The molecule has 1 aromatic rings. The molecule has 1 rings (SSSR count). The van der Waals surface area contributed by atoms with E-state index in [1.807, 2.05) is 24.3 Å². The molecular formula is C10H10O2S. The Morgan fingerprint density at radius 1 is 1.46 bits per heavy atom. The predicted molar refractivity (Wildman–Crippen MR) is 55.0 cm³/mol. The molecule has 2 nitrogen and oxygen atoms in total. The second-order valence-electron chi connectivity index (χ2n) is 2.68. The van der Waals surface area contributed by atoms with Crippen LogP contribution in [-0.2, 0) is 4.79 Å². The molecule has 0 aliphatic rings. The van der Waals surface area contributed by atoms with E-state index in [0.717, 1.165) is 10.5 Å². The Bertz CT molecular complexity index is 356. The smallest absolute Gasteiger partial charge is 0.328 e. The van der Waals surface area contributed by atoms with Gasteiger partial charge in [0.05, 0.1) is 0 Å². The summed E-state index contributed by atoms with van der Waals surface area (Å²) in [6, 6.07) is 7.39. The summed E-state index contributed by atoms with van der Waals surface area (Å²) < 4.78 is 0. The Balaban J connectivity index is 3.08. The molecule has 0 saturated carbocycles. The topological polar surface area (TPSA) is 37.3 Å². The highest BCUT2D eigenvalue weighted by Crippen LogP contribution is 2.21. The quantitative estimate of drug-likeness (QED) is 0.560. The lowest BCUT2D eigenvalue weighted by Gasteiger charge is -2.03. The van der Waals surface area contributed by atoms with Crippen LogP contribution in [0.25, 0.3) is 5.57 Å². The third-order valence-electron chi connectivity index (χ3n) is 1.67. The molecule has 0 amide bonds. The fraction of sp³-hybridized carbons (Fsp3) is 0.100. The fourth-order valence-electron chi connectivity index (χ4n) is 1.07. The molecule has 68 valence electrons. The van der Waals surface area contributed by atoms with Crippen LogP contribution >= 0.6 is 12.6 Å². The van der Waals surface area contributed by atoms with Crippen molar-refractivity contribution in [2.24, 2.45) is 0 Å². The summed E-state index contributed by atoms with van der Waals surface area (Å²) in [5, 5.41) is 8.53. The molecule has 0 heterocycles. The summed E-state index contributed by atoms with van der Waals surface area (Å²) in [6.07, 6.45) is 1.18. The number of carbonyl (C=O) groups is 1. The minimum atomic E-state index is -0.936. The first-order valence-electron chi connectivity index (χ1n) is 3.81. The van der Waals surface area contributed by atoms with Crippen molar-refractivity contribution in [3.63, 3.8) is 0 Å². The van der Waals surface area contributed by atoms with Crippen LogP contribution in [0.5, 0.6) is 0 Å². The van der Waals surface area contributed by atoms with Gasteiger partial charge in [-0.25, -0.2) is 4.79 Å². The van der Waals surface area contributed by atoms with Gasteiger partial charge in [0, 0.05) is 11.0 Å². The number of hydrogen-bond donors (Lipinski definition) is 2. The fourth-order valence-corrected chi connectivity index (χ4v) is 1.41. The van der Waals surface area contributed by atoms with Crippen molar-refractivity contribution < 1.29 is 9.90 Å². The maximum Gasteiger partial charge on any atom is 0.328 e. The van der Waals surface area contributed by atoms with Gasteiger partial charge in [0.2, 0.25) is 0 Å². The molecule has 0 unspecified atom stereocenters. The highest BCUT2D eigenvalue weighted by molar-refractivity contribution is 7.80. The van der Waals surface area contributed by atoms with E-state index in [1.165, 1.54) is 6.08 Å². The summed E-state index contributed by atoms with van der Waals surface area (Å²) in [5.74, 6) is -0.936. The van der Waals surface area contributed by atoms with Crippen molar-refractivity contribution in [1.82, 2.24) is 0 Å². The Morgan fingerprint density at radius 2 is 2.08 bits per heavy atom. The van der Waals surface area contributed by atoms with Crippen LogP contribution in [0, 0.1) is 0 Å². The van der Waals surface area contributed by atoms with E-state index in [4.69, 9.17) is 5.11 Å². The summed E-state index contributed by atoms with van der Waals surface area (Å²) in [7, 11) is 0. The third-order valence-corrected chi connectivity index (χ3v) is 2.06. The van der Waals surface area contributed by atoms with Gasteiger partial charge in [0.25, 0.3) is 0 Å². The van der Waals surface area contributed by atoms with Crippen molar-refractivity contribution in [2.45, 2.75) is 11.8 Å². The van der Waals surface area contributed by atoms with Gasteiger partial charge in [0.15, 0.2) is 0 Å². The average Bonchev–Trinajstić information content (AvgIpc) is 2.03. The molecule has 0 aromatic heterocycles. The lowest BCUT2D eigenvalue weighted by molar-refractivity contribution is -0.131. The molecule has 0 radical (unpaired) electrons. The summed E-state index contributed by atoms with van der Waals surface area (Å²) in [5.41, 5.74) is 1.56. The Morgan fingerprint density at radius 3 is 2.62 bits per heavy atom. The van der Waals surface area contributed by atoms with Gasteiger partial charge in [-0.15, -0.1) is 12.6 Å². The normalized spacial score (nSPS) is 11.4. The first-order valence-corrected chi connectivity index (χ1v) is 4.25. The number of thiol groups is 1. The standard InChI is InChI=1S/C10H10O2S/c1-7(6-10(11)12)8-4-2-3-5-9(8)13/h2-6,13H,1H3,(H,11,12)/b7-6+. The lowest BCUT2D eigenvalue weighted by atomic mass is 10.1. The first kappa shape index (κ1) is 9.86. The average molecular weight is 194 g/mol. The molecule has 0 aliphatic heterocycles. The maximum atomic E-state index is 10.4. The summed E-state index contributed by atoms with van der Waals surface area (Å²) in [4.78, 5) is 11.2. The van der Waals surface area contributed by atoms with Crippen molar-refractivity contribution in [3.05, 3.63) is 35.9 Å². The van der Waals surface area contributed by atoms with E-state index < -0.39 is 5.97 Å². The van der Waals surface area contributed by atoms with Crippen molar-refractivity contribution in [1.29, 1.82) is 0 Å². The Labute approximate surface area is 82.3 Å². The zero-order valence-corrected chi connectivity index (χ0v) is 8.08. The number of carboxylic acids is 1. The Hall–Kier alpha value is -1.22. The van der Waals surface area contributed by atoms with Crippen LogP contribution in [0.4, 0.5) is 0 Å². The van der Waals surface area contributed by atoms with Crippen LogP contribution in [0.2, 0.25) is 0 Å². The van der Waals surface area contributed by atoms with Crippen LogP contribution in [0.15, 0.2) is 35.2 Å². The number of rotatable bonds is 2. The molecule has 0 aliphatic carbocycles. The summed E-state index contributed by atoms with van der Waals surface area (Å²) in [6.45, 7) is 1.75. The number of benzene rings is 1. The summed E-state index contributed by atoms with van der Waals surface area (Å²) >= 11 is 4.23. The highest BCUT2D eigenvalue weighted by Gasteiger charge is 2.01. The predicted octanol–water partition coefficient (Wildman–Crippen LogP) is 2.46. The molecule has 1 aromatic carbocycles.